The molecule has 0 radical (unpaired) electrons. The van der Waals surface area contributed by atoms with Crippen molar-refractivity contribution in [3.8, 4) is 11.5 Å². The van der Waals surface area contributed by atoms with Crippen LogP contribution in [-0.2, 0) is 4.57 Å². The molecular formula is C10H13O6P. The molecule has 0 aliphatic heterocycles. The molecule has 0 atom stereocenters. The molecule has 0 saturated heterocycles. The molecule has 0 heterocycles. The maximum absolute atomic E-state index is 10.6. The molecule has 0 aliphatic rings. The molecular weight excluding hydrogens is 247 g/mol. The van der Waals surface area contributed by atoms with Crippen LogP contribution in [0.25, 0.3) is 0 Å². The predicted octanol–water partition coefficient (Wildman–Crippen LogP) is 1.06. The number of rotatable bonds is 6. The highest BCUT2D eigenvalue weighted by molar-refractivity contribution is 7.51. The third-order valence-corrected chi connectivity index (χ3v) is 2.73. The molecule has 2 N–H and O–H groups in total. The fourth-order valence-corrected chi connectivity index (χ4v) is 1.48. The number of hydrogen-bond acceptors (Lipinski definition) is 4. The van der Waals surface area contributed by atoms with Crippen LogP contribution in [0.5, 0.6) is 11.5 Å². The van der Waals surface area contributed by atoms with Crippen LogP contribution in [0.2, 0.25) is 0 Å². The smallest absolute Gasteiger partial charge is 0.328 e. The Balaban J connectivity index is 2.70. The van der Waals surface area contributed by atoms with E-state index >= 15 is 0 Å². The number of hydrogen-bond donors (Lipinski definition) is 2. The summed E-state index contributed by atoms with van der Waals surface area (Å²) < 4.78 is 20.8. The summed E-state index contributed by atoms with van der Waals surface area (Å²) >= 11 is 0. The third kappa shape index (κ3) is 4.56. The van der Waals surface area contributed by atoms with Crippen molar-refractivity contribution in [3.05, 3.63) is 23.8 Å². The van der Waals surface area contributed by atoms with Crippen LogP contribution in [0, 0.1) is 0 Å². The van der Waals surface area contributed by atoms with Gasteiger partial charge in [-0.05, 0) is 18.2 Å². The van der Waals surface area contributed by atoms with Crippen LogP contribution in [0.4, 0.5) is 0 Å². The molecule has 7 heteroatoms. The van der Waals surface area contributed by atoms with Gasteiger partial charge in [0.25, 0.3) is 0 Å². The van der Waals surface area contributed by atoms with Crippen LogP contribution in [0.1, 0.15) is 10.4 Å². The Morgan fingerprint density at radius 3 is 2.59 bits per heavy atom. The van der Waals surface area contributed by atoms with Gasteiger partial charge in [0.1, 0.15) is 6.29 Å². The zero-order valence-electron chi connectivity index (χ0n) is 9.20. The molecule has 0 amide bonds. The van der Waals surface area contributed by atoms with E-state index in [0.29, 0.717) is 23.3 Å². The van der Waals surface area contributed by atoms with Gasteiger partial charge in [-0.1, -0.05) is 0 Å². The first-order valence-corrected chi connectivity index (χ1v) is 6.56. The standard InChI is InChI=1S/C10H13O6P/c1-15-10-6-8(7-11)2-3-9(10)16-4-5-17(12,13)14/h2-3,6-7H,4-5H2,1H3,(H2,12,13,14). The van der Waals surface area contributed by atoms with E-state index in [4.69, 9.17) is 19.3 Å². The molecule has 1 rings (SSSR count). The number of methoxy groups -OCH3 is 1. The normalized spacial score (nSPS) is 11.0. The van der Waals surface area contributed by atoms with Gasteiger partial charge < -0.3 is 19.3 Å². The molecule has 0 aromatic heterocycles. The summed E-state index contributed by atoms with van der Waals surface area (Å²) in [6.45, 7) is -0.124. The molecule has 1 aromatic rings. The first-order valence-electron chi connectivity index (χ1n) is 4.77. The van der Waals surface area contributed by atoms with Crippen molar-refractivity contribution >= 4 is 13.9 Å². The summed E-state index contributed by atoms with van der Waals surface area (Å²) in [6, 6.07) is 4.53. The zero-order chi connectivity index (χ0) is 12.9. The minimum Gasteiger partial charge on any atom is -0.493 e. The highest BCUT2D eigenvalue weighted by atomic mass is 31.2. The molecule has 0 bridgehead atoms. The summed E-state index contributed by atoms with van der Waals surface area (Å²) in [7, 11) is -2.65. The first-order chi connectivity index (χ1) is 7.96. The van der Waals surface area contributed by atoms with Crippen LogP contribution < -0.4 is 9.47 Å². The average molecular weight is 260 g/mol. The Hall–Kier alpha value is -1.36. The monoisotopic (exact) mass is 260 g/mol. The van der Waals surface area contributed by atoms with E-state index in [1.54, 1.807) is 0 Å². The number of benzene rings is 1. The second kappa shape index (κ2) is 5.82. The lowest BCUT2D eigenvalue weighted by Gasteiger charge is -2.11. The van der Waals surface area contributed by atoms with Crippen molar-refractivity contribution in [2.45, 2.75) is 0 Å². The summed E-state index contributed by atoms with van der Waals surface area (Å²) in [5, 5.41) is 0. The molecule has 1 aromatic carbocycles. The van der Waals surface area contributed by atoms with Crippen molar-refractivity contribution < 1.29 is 28.6 Å². The minimum absolute atomic E-state index is 0.124. The van der Waals surface area contributed by atoms with E-state index in [1.165, 1.54) is 25.3 Å². The Labute approximate surface area is 98.3 Å². The van der Waals surface area contributed by atoms with Gasteiger partial charge in [-0.25, -0.2) is 0 Å². The van der Waals surface area contributed by atoms with E-state index < -0.39 is 7.60 Å². The summed E-state index contributed by atoms with van der Waals surface area (Å²) in [5.74, 6) is 0.687. The molecule has 6 nitrogen and oxygen atoms in total. The van der Waals surface area contributed by atoms with E-state index in [0.717, 1.165) is 0 Å². The Bertz CT molecular complexity index is 438. The number of ether oxygens (including phenoxy) is 2. The van der Waals surface area contributed by atoms with Gasteiger partial charge in [0.2, 0.25) is 0 Å². The minimum atomic E-state index is -4.06. The lowest BCUT2D eigenvalue weighted by molar-refractivity contribution is 0.112. The quantitative estimate of drug-likeness (QED) is 0.587. The molecule has 0 spiro atoms. The maximum Gasteiger partial charge on any atom is 0.328 e. The van der Waals surface area contributed by atoms with Crippen LogP contribution >= 0.6 is 7.60 Å². The second-order valence-corrected chi connectivity index (χ2v) is 5.04. The molecule has 0 aliphatic carbocycles. The second-order valence-electron chi connectivity index (χ2n) is 3.26. The SMILES string of the molecule is COc1cc(C=O)ccc1OCCP(=O)(O)O. The first kappa shape index (κ1) is 13.7. The summed E-state index contributed by atoms with van der Waals surface area (Å²) in [5.41, 5.74) is 0.434. The highest BCUT2D eigenvalue weighted by Gasteiger charge is 2.13. The van der Waals surface area contributed by atoms with E-state index in [9.17, 15) is 9.36 Å². The summed E-state index contributed by atoms with van der Waals surface area (Å²) in [6.07, 6.45) is 0.299. The third-order valence-electron chi connectivity index (χ3n) is 1.96. The Morgan fingerprint density at radius 2 is 2.06 bits per heavy atom. The molecule has 0 fully saturated rings. The predicted molar refractivity (Wildman–Crippen MR) is 60.8 cm³/mol. The Morgan fingerprint density at radius 1 is 1.35 bits per heavy atom. The molecule has 0 saturated carbocycles. The number of aldehydes is 1. The largest absolute Gasteiger partial charge is 0.493 e. The number of carbonyl (C=O) groups is 1. The van der Waals surface area contributed by atoms with Gasteiger partial charge in [-0.15, -0.1) is 0 Å². The van der Waals surface area contributed by atoms with E-state index in [2.05, 4.69) is 0 Å². The van der Waals surface area contributed by atoms with Crippen LogP contribution in [0.3, 0.4) is 0 Å². The molecule has 0 unspecified atom stereocenters. The zero-order valence-corrected chi connectivity index (χ0v) is 10.1. The number of carbonyl (C=O) groups excluding carboxylic acids is 1. The fourth-order valence-electron chi connectivity index (χ4n) is 1.15. The van der Waals surface area contributed by atoms with Gasteiger partial charge >= 0.3 is 7.60 Å². The van der Waals surface area contributed by atoms with Crippen molar-refractivity contribution in [2.75, 3.05) is 19.9 Å². The van der Waals surface area contributed by atoms with Gasteiger partial charge in [0, 0.05) is 5.56 Å². The van der Waals surface area contributed by atoms with Gasteiger partial charge in [-0.2, -0.15) is 0 Å². The lowest BCUT2D eigenvalue weighted by Crippen LogP contribution is -2.04. The lowest BCUT2D eigenvalue weighted by atomic mass is 10.2. The van der Waals surface area contributed by atoms with Crippen molar-refractivity contribution in [2.24, 2.45) is 0 Å². The van der Waals surface area contributed by atoms with E-state index in [-0.39, 0.29) is 12.8 Å². The van der Waals surface area contributed by atoms with Crippen LogP contribution in [-0.4, -0.2) is 36.0 Å². The van der Waals surface area contributed by atoms with E-state index in [1.807, 2.05) is 0 Å². The fraction of sp³-hybridized carbons (Fsp3) is 0.300. The van der Waals surface area contributed by atoms with Crippen molar-refractivity contribution in [1.82, 2.24) is 0 Å². The van der Waals surface area contributed by atoms with Gasteiger partial charge in [0.05, 0.1) is 19.9 Å². The topological polar surface area (TPSA) is 93.1 Å². The Kier molecular flexibility index (Phi) is 4.69. The average Bonchev–Trinajstić information content (AvgIpc) is 2.27. The van der Waals surface area contributed by atoms with Crippen LogP contribution in [0.15, 0.2) is 18.2 Å². The van der Waals surface area contributed by atoms with Gasteiger partial charge in [-0.3, -0.25) is 9.36 Å². The van der Waals surface area contributed by atoms with Gasteiger partial charge in [0.15, 0.2) is 11.5 Å². The molecule has 94 valence electrons. The maximum atomic E-state index is 10.6. The highest BCUT2D eigenvalue weighted by Crippen LogP contribution is 2.34. The molecule has 17 heavy (non-hydrogen) atoms. The summed E-state index contributed by atoms with van der Waals surface area (Å²) in [4.78, 5) is 27.8. The van der Waals surface area contributed by atoms with Crippen molar-refractivity contribution in [1.29, 1.82) is 0 Å². The van der Waals surface area contributed by atoms with Crippen molar-refractivity contribution in [3.63, 3.8) is 0 Å².